The van der Waals surface area contributed by atoms with E-state index >= 15 is 0 Å². The van der Waals surface area contributed by atoms with Crippen LogP contribution in [0.25, 0.3) is 0 Å². The summed E-state index contributed by atoms with van der Waals surface area (Å²) >= 11 is 0. The van der Waals surface area contributed by atoms with Crippen molar-refractivity contribution in [2.75, 3.05) is 44.7 Å². The minimum Gasteiger partial charge on any atom is -0.395 e. The van der Waals surface area contributed by atoms with Crippen LogP contribution < -0.4 is 4.90 Å². The molecule has 1 aliphatic rings. The molecular formula is C14H20N2O2. The van der Waals surface area contributed by atoms with Gasteiger partial charge < -0.3 is 19.7 Å². The van der Waals surface area contributed by atoms with Gasteiger partial charge in [-0.05, 0) is 24.7 Å². The Bertz CT molecular complexity index is 401. The molecule has 1 atom stereocenters. The molecule has 98 valence electrons. The zero-order valence-corrected chi connectivity index (χ0v) is 10.7. The minimum atomic E-state index is -0.405. The van der Waals surface area contributed by atoms with E-state index in [1.165, 1.54) is 0 Å². The fraction of sp³-hybridized carbons (Fsp3) is 0.500. The summed E-state index contributed by atoms with van der Waals surface area (Å²) in [6, 6.07) is 7.93. The minimum absolute atomic E-state index is 0.129. The SMILES string of the molecule is CN1CCN(c2cccc(C(C=O)CO)c2)CC1. The molecule has 4 nitrogen and oxygen atoms in total. The molecule has 1 fully saturated rings. The molecule has 0 bridgehead atoms. The molecule has 0 aromatic heterocycles. The third-order valence-corrected chi connectivity index (χ3v) is 3.53. The van der Waals surface area contributed by atoms with Gasteiger partial charge in [0.1, 0.15) is 6.29 Å². The van der Waals surface area contributed by atoms with Gasteiger partial charge in [0.25, 0.3) is 0 Å². The van der Waals surface area contributed by atoms with Crippen LogP contribution in [0.4, 0.5) is 5.69 Å². The average Bonchev–Trinajstić information content (AvgIpc) is 2.41. The predicted octanol–water partition coefficient (Wildman–Crippen LogP) is 0.713. The average molecular weight is 248 g/mol. The Labute approximate surface area is 108 Å². The zero-order chi connectivity index (χ0) is 13.0. The summed E-state index contributed by atoms with van der Waals surface area (Å²) in [5.74, 6) is -0.405. The van der Waals surface area contributed by atoms with Crippen LogP contribution in [0.1, 0.15) is 11.5 Å². The Morgan fingerprint density at radius 2 is 2.06 bits per heavy atom. The van der Waals surface area contributed by atoms with Gasteiger partial charge in [0, 0.05) is 31.9 Å². The van der Waals surface area contributed by atoms with Gasteiger partial charge in [-0.15, -0.1) is 0 Å². The second-order valence-electron chi connectivity index (χ2n) is 4.81. The van der Waals surface area contributed by atoms with E-state index < -0.39 is 5.92 Å². The molecule has 1 N–H and O–H groups in total. The Hall–Kier alpha value is -1.39. The quantitative estimate of drug-likeness (QED) is 0.797. The number of hydrogen-bond donors (Lipinski definition) is 1. The lowest BCUT2D eigenvalue weighted by Gasteiger charge is -2.34. The standard InChI is InChI=1S/C14H20N2O2/c1-15-5-7-16(8-6-15)14-4-2-3-12(9-14)13(10-17)11-18/h2-4,9-10,13,18H,5-8,11H2,1H3. The molecule has 1 heterocycles. The third-order valence-electron chi connectivity index (χ3n) is 3.53. The highest BCUT2D eigenvalue weighted by atomic mass is 16.3. The van der Waals surface area contributed by atoms with Gasteiger partial charge in [0.05, 0.1) is 12.5 Å². The number of rotatable bonds is 4. The molecule has 1 saturated heterocycles. The number of nitrogens with zero attached hydrogens (tertiary/aromatic N) is 2. The van der Waals surface area contributed by atoms with Crippen LogP contribution in [-0.2, 0) is 4.79 Å². The summed E-state index contributed by atoms with van der Waals surface area (Å²) in [5.41, 5.74) is 2.03. The van der Waals surface area contributed by atoms with Crippen LogP contribution in [-0.4, -0.2) is 56.1 Å². The molecule has 0 radical (unpaired) electrons. The summed E-state index contributed by atoms with van der Waals surface area (Å²) in [7, 11) is 2.13. The van der Waals surface area contributed by atoms with Crippen molar-refractivity contribution in [3.8, 4) is 0 Å². The van der Waals surface area contributed by atoms with E-state index in [1.807, 2.05) is 18.2 Å². The second kappa shape index (κ2) is 5.98. The molecule has 18 heavy (non-hydrogen) atoms. The highest BCUT2D eigenvalue weighted by Crippen LogP contribution is 2.22. The van der Waals surface area contributed by atoms with Gasteiger partial charge in [-0.3, -0.25) is 0 Å². The molecule has 0 saturated carbocycles. The van der Waals surface area contributed by atoms with Gasteiger partial charge >= 0.3 is 0 Å². The summed E-state index contributed by atoms with van der Waals surface area (Å²) in [4.78, 5) is 15.5. The first-order valence-electron chi connectivity index (χ1n) is 6.34. The third kappa shape index (κ3) is 2.89. The fourth-order valence-electron chi connectivity index (χ4n) is 2.24. The number of piperazine rings is 1. The van der Waals surface area contributed by atoms with Gasteiger partial charge in [0.15, 0.2) is 0 Å². The maximum absolute atomic E-state index is 10.9. The van der Waals surface area contributed by atoms with Crippen LogP contribution in [0.5, 0.6) is 0 Å². The number of anilines is 1. The molecule has 1 aliphatic heterocycles. The van der Waals surface area contributed by atoms with Crippen molar-refractivity contribution in [1.82, 2.24) is 4.90 Å². The lowest BCUT2D eigenvalue weighted by molar-refractivity contribution is -0.109. The first-order valence-corrected chi connectivity index (χ1v) is 6.34. The van der Waals surface area contributed by atoms with Crippen molar-refractivity contribution in [2.45, 2.75) is 5.92 Å². The Kier molecular flexibility index (Phi) is 4.33. The lowest BCUT2D eigenvalue weighted by atomic mass is 10.0. The van der Waals surface area contributed by atoms with E-state index in [4.69, 9.17) is 5.11 Å². The van der Waals surface area contributed by atoms with Crippen LogP contribution >= 0.6 is 0 Å². The monoisotopic (exact) mass is 248 g/mol. The van der Waals surface area contributed by atoms with Crippen molar-refractivity contribution in [3.05, 3.63) is 29.8 Å². The summed E-state index contributed by atoms with van der Waals surface area (Å²) in [6.45, 7) is 3.99. The molecule has 2 rings (SSSR count). The number of aliphatic hydroxyl groups excluding tert-OH is 1. The maximum atomic E-state index is 10.9. The summed E-state index contributed by atoms with van der Waals surface area (Å²) in [6.07, 6.45) is 0.809. The van der Waals surface area contributed by atoms with Crippen LogP contribution in [0.3, 0.4) is 0 Å². The largest absolute Gasteiger partial charge is 0.395 e. The van der Waals surface area contributed by atoms with Crippen molar-refractivity contribution >= 4 is 12.0 Å². The molecule has 1 aromatic rings. The molecule has 0 aliphatic carbocycles. The number of carbonyl (C=O) groups excluding carboxylic acids is 1. The van der Waals surface area contributed by atoms with Gasteiger partial charge in [-0.25, -0.2) is 0 Å². The van der Waals surface area contributed by atoms with Gasteiger partial charge in [-0.1, -0.05) is 12.1 Å². The number of aliphatic hydroxyl groups is 1. The first kappa shape index (κ1) is 13.1. The second-order valence-corrected chi connectivity index (χ2v) is 4.81. The normalized spacial score (nSPS) is 18.7. The highest BCUT2D eigenvalue weighted by Gasteiger charge is 2.16. The number of carbonyl (C=O) groups is 1. The van der Waals surface area contributed by atoms with Crippen molar-refractivity contribution in [3.63, 3.8) is 0 Å². The Morgan fingerprint density at radius 3 is 2.67 bits per heavy atom. The first-order chi connectivity index (χ1) is 8.74. The maximum Gasteiger partial charge on any atom is 0.129 e. The van der Waals surface area contributed by atoms with E-state index in [0.717, 1.165) is 43.7 Å². The van der Waals surface area contributed by atoms with Crippen molar-refractivity contribution < 1.29 is 9.90 Å². The zero-order valence-electron chi connectivity index (χ0n) is 10.7. The number of aldehydes is 1. The number of likely N-dealkylation sites (N-methyl/N-ethyl adjacent to an activating group) is 1. The fourth-order valence-corrected chi connectivity index (χ4v) is 2.24. The van der Waals surface area contributed by atoms with Crippen LogP contribution in [0, 0.1) is 0 Å². The van der Waals surface area contributed by atoms with E-state index in [2.05, 4.69) is 22.9 Å². The predicted molar refractivity (Wildman–Crippen MR) is 72.0 cm³/mol. The molecule has 4 heteroatoms. The topological polar surface area (TPSA) is 43.8 Å². The molecule has 0 amide bonds. The Balaban J connectivity index is 2.14. The molecular weight excluding hydrogens is 228 g/mol. The van der Waals surface area contributed by atoms with Crippen molar-refractivity contribution in [1.29, 1.82) is 0 Å². The van der Waals surface area contributed by atoms with Crippen molar-refractivity contribution in [2.24, 2.45) is 0 Å². The summed E-state index contributed by atoms with van der Waals surface area (Å²) < 4.78 is 0. The van der Waals surface area contributed by atoms with Crippen LogP contribution in [0.2, 0.25) is 0 Å². The van der Waals surface area contributed by atoms with Crippen LogP contribution in [0.15, 0.2) is 24.3 Å². The van der Waals surface area contributed by atoms with E-state index in [-0.39, 0.29) is 6.61 Å². The molecule has 0 spiro atoms. The number of hydrogen-bond acceptors (Lipinski definition) is 4. The molecule has 1 unspecified atom stereocenters. The van der Waals surface area contributed by atoms with E-state index in [9.17, 15) is 4.79 Å². The van der Waals surface area contributed by atoms with E-state index in [1.54, 1.807) is 0 Å². The van der Waals surface area contributed by atoms with Gasteiger partial charge in [-0.2, -0.15) is 0 Å². The highest BCUT2D eigenvalue weighted by molar-refractivity contribution is 5.64. The molecule has 1 aromatic carbocycles. The lowest BCUT2D eigenvalue weighted by Crippen LogP contribution is -2.44. The smallest absolute Gasteiger partial charge is 0.129 e. The number of benzene rings is 1. The van der Waals surface area contributed by atoms with Gasteiger partial charge in [0.2, 0.25) is 0 Å². The van der Waals surface area contributed by atoms with E-state index in [0.29, 0.717) is 0 Å². The Morgan fingerprint density at radius 1 is 1.33 bits per heavy atom. The summed E-state index contributed by atoms with van der Waals surface area (Å²) in [5, 5.41) is 9.16.